The van der Waals surface area contributed by atoms with Crippen LogP contribution in [-0.4, -0.2) is 17.4 Å². The molecule has 1 aromatic carbocycles. The molecule has 0 unspecified atom stereocenters. The maximum absolute atomic E-state index is 13.2. The predicted octanol–water partition coefficient (Wildman–Crippen LogP) is 3.64. The number of pyridine rings is 1. The molecule has 1 N–H and O–H groups in total. The van der Waals surface area contributed by atoms with Gasteiger partial charge >= 0.3 is 0 Å². The number of carbonyl (C=O) groups is 1. The first-order chi connectivity index (χ1) is 11.8. The van der Waals surface area contributed by atoms with Gasteiger partial charge < -0.3 is 5.32 Å². The van der Waals surface area contributed by atoms with Crippen LogP contribution in [0.3, 0.4) is 0 Å². The molecule has 1 amide bonds. The van der Waals surface area contributed by atoms with Gasteiger partial charge in [0.15, 0.2) is 0 Å². The molecule has 3 nitrogen and oxygen atoms in total. The maximum atomic E-state index is 13.2. The number of benzene rings is 1. The SMILES string of the molecule is O=C(NCCc1ccncc1)[C@@]1(c2ccccc2)CC12CCCC2. The predicted molar refractivity (Wildman–Crippen MR) is 94.6 cm³/mol. The first-order valence-electron chi connectivity index (χ1n) is 9.00. The van der Waals surface area contributed by atoms with Crippen molar-refractivity contribution in [2.24, 2.45) is 5.41 Å². The second-order valence-corrected chi connectivity index (χ2v) is 7.30. The van der Waals surface area contributed by atoms with Crippen molar-refractivity contribution in [3.05, 3.63) is 66.0 Å². The van der Waals surface area contributed by atoms with Crippen molar-refractivity contribution in [2.45, 2.75) is 43.9 Å². The highest BCUT2D eigenvalue weighted by atomic mass is 16.2. The van der Waals surface area contributed by atoms with Crippen molar-refractivity contribution < 1.29 is 4.79 Å². The molecular weight excluding hydrogens is 296 g/mol. The molecule has 124 valence electrons. The highest BCUT2D eigenvalue weighted by Gasteiger charge is 2.72. The summed E-state index contributed by atoms with van der Waals surface area (Å²) in [6.45, 7) is 0.688. The Kier molecular flexibility index (Phi) is 3.87. The number of carbonyl (C=O) groups excluding carboxylic acids is 1. The molecule has 0 aliphatic heterocycles. The summed E-state index contributed by atoms with van der Waals surface area (Å²) in [6.07, 6.45) is 10.4. The van der Waals surface area contributed by atoms with Gasteiger partial charge in [-0.05, 0) is 54.4 Å². The molecule has 1 aromatic heterocycles. The molecule has 4 rings (SSSR count). The van der Waals surface area contributed by atoms with E-state index in [4.69, 9.17) is 0 Å². The molecule has 2 aliphatic carbocycles. The standard InChI is InChI=1S/C21H24N2O/c24-19(23-15-10-17-8-13-22-14-9-17)21(18-6-2-1-3-7-18)16-20(21)11-4-5-12-20/h1-3,6-9,13-14H,4-5,10-12,15-16H2,(H,23,24)/t21-/m0/s1. The van der Waals surface area contributed by atoms with Gasteiger partial charge in [0.05, 0.1) is 5.41 Å². The Hall–Kier alpha value is -2.16. The monoisotopic (exact) mass is 320 g/mol. The lowest BCUT2D eigenvalue weighted by Crippen LogP contribution is -2.39. The van der Waals surface area contributed by atoms with E-state index in [0.29, 0.717) is 6.54 Å². The van der Waals surface area contributed by atoms with Gasteiger partial charge in [-0.1, -0.05) is 43.2 Å². The van der Waals surface area contributed by atoms with E-state index in [9.17, 15) is 4.79 Å². The number of aromatic nitrogens is 1. The second-order valence-electron chi connectivity index (χ2n) is 7.30. The van der Waals surface area contributed by atoms with Gasteiger partial charge in [-0.3, -0.25) is 9.78 Å². The maximum Gasteiger partial charge on any atom is 0.231 e. The first-order valence-corrected chi connectivity index (χ1v) is 9.00. The van der Waals surface area contributed by atoms with Crippen LogP contribution in [0.25, 0.3) is 0 Å². The molecule has 1 heterocycles. The average Bonchev–Trinajstić information content (AvgIpc) is 3.04. The van der Waals surface area contributed by atoms with Crippen LogP contribution in [0.5, 0.6) is 0 Å². The number of hydrogen-bond acceptors (Lipinski definition) is 2. The quantitative estimate of drug-likeness (QED) is 0.914. The molecular formula is C21H24N2O. The summed E-state index contributed by atoms with van der Waals surface area (Å²) < 4.78 is 0. The molecule has 2 aromatic rings. The molecule has 0 saturated heterocycles. The van der Waals surface area contributed by atoms with E-state index < -0.39 is 0 Å². The normalized spacial score (nSPS) is 24.0. The lowest BCUT2D eigenvalue weighted by Gasteiger charge is -2.22. The highest BCUT2D eigenvalue weighted by molar-refractivity contribution is 5.93. The summed E-state index contributed by atoms with van der Waals surface area (Å²) in [7, 11) is 0. The zero-order chi connectivity index (χ0) is 16.5. The molecule has 2 saturated carbocycles. The summed E-state index contributed by atoms with van der Waals surface area (Å²) in [6, 6.07) is 14.4. The fourth-order valence-corrected chi connectivity index (χ4v) is 4.72. The molecule has 24 heavy (non-hydrogen) atoms. The Bertz CT molecular complexity index is 707. The topological polar surface area (TPSA) is 42.0 Å². The summed E-state index contributed by atoms with van der Waals surface area (Å²) >= 11 is 0. The number of hydrogen-bond donors (Lipinski definition) is 1. The molecule has 1 atom stereocenters. The largest absolute Gasteiger partial charge is 0.355 e. The third kappa shape index (κ3) is 2.43. The van der Waals surface area contributed by atoms with Gasteiger partial charge in [0.1, 0.15) is 0 Å². The number of amides is 1. The minimum Gasteiger partial charge on any atom is -0.355 e. The minimum absolute atomic E-state index is 0.217. The van der Waals surface area contributed by atoms with Crippen LogP contribution in [0.4, 0.5) is 0 Å². The summed E-state index contributed by atoms with van der Waals surface area (Å²) in [5.41, 5.74) is 2.34. The second kappa shape index (κ2) is 6.04. The van der Waals surface area contributed by atoms with Crippen LogP contribution in [0.15, 0.2) is 54.9 Å². The fourth-order valence-electron chi connectivity index (χ4n) is 4.72. The van der Waals surface area contributed by atoms with E-state index >= 15 is 0 Å². The smallest absolute Gasteiger partial charge is 0.231 e. The van der Waals surface area contributed by atoms with Gasteiger partial charge in [0.25, 0.3) is 0 Å². The van der Waals surface area contributed by atoms with Crippen molar-refractivity contribution in [1.29, 1.82) is 0 Å². The van der Waals surface area contributed by atoms with Gasteiger partial charge in [-0.15, -0.1) is 0 Å². The third-order valence-electron chi connectivity index (χ3n) is 6.05. The highest BCUT2D eigenvalue weighted by Crippen LogP contribution is 2.72. The number of nitrogens with zero attached hydrogens (tertiary/aromatic N) is 1. The van der Waals surface area contributed by atoms with Gasteiger partial charge in [0.2, 0.25) is 5.91 Å². The zero-order valence-electron chi connectivity index (χ0n) is 14.0. The van der Waals surface area contributed by atoms with Crippen LogP contribution in [0, 0.1) is 5.41 Å². The summed E-state index contributed by atoms with van der Waals surface area (Å²) in [4.78, 5) is 17.2. The Morgan fingerprint density at radius 1 is 1.04 bits per heavy atom. The molecule has 0 radical (unpaired) electrons. The Labute approximate surface area is 143 Å². The zero-order valence-corrected chi connectivity index (χ0v) is 14.0. The van der Waals surface area contributed by atoms with Crippen LogP contribution < -0.4 is 5.32 Å². The van der Waals surface area contributed by atoms with Crippen molar-refractivity contribution >= 4 is 5.91 Å². The lowest BCUT2D eigenvalue weighted by atomic mass is 9.84. The fraction of sp³-hybridized carbons (Fsp3) is 0.429. The Morgan fingerprint density at radius 3 is 2.46 bits per heavy atom. The number of rotatable bonds is 5. The van der Waals surface area contributed by atoms with E-state index in [-0.39, 0.29) is 16.7 Å². The van der Waals surface area contributed by atoms with E-state index in [2.05, 4.69) is 34.6 Å². The van der Waals surface area contributed by atoms with E-state index in [1.807, 2.05) is 18.2 Å². The number of nitrogens with one attached hydrogen (secondary N) is 1. The van der Waals surface area contributed by atoms with E-state index in [0.717, 1.165) is 12.8 Å². The summed E-state index contributed by atoms with van der Waals surface area (Å²) in [5, 5.41) is 3.22. The van der Waals surface area contributed by atoms with E-state index in [1.54, 1.807) is 12.4 Å². The third-order valence-corrected chi connectivity index (χ3v) is 6.05. The van der Waals surface area contributed by atoms with Gasteiger partial charge in [0, 0.05) is 18.9 Å². The molecule has 3 heteroatoms. The Morgan fingerprint density at radius 2 is 1.75 bits per heavy atom. The molecule has 2 aliphatic rings. The molecule has 2 fully saturated rings. The molecule has 1 spiro atoms. The summed E-state index contributed by atoms with van der Waals surface area (Å²) in [5.74, 6) is 0.227. The van der Waals surface area contributed by atoms with Crippen molar-refractivity contribution in [1.82, 2.24) is 10.3 Å². The van der Waals surface area contributed by atoms with Crippen LogP contribution in [0.2, 0.25) is 0 Å². The van der Waals surface area contributed by atoms with Crippen LogP contribution in [0.1, 0.15) is 43.2 Å². The first kappa shape index (κ1) is 15.4. The van der Waals surface area contributed by atoms with Crippen LogP contribution >= 0.6 is 0 Å². The van der Waals surface area contributed by atoms with Crippen molar-refractivity contribution in [3.63, 3.8) is 0 Å². The van der Waals surface area contributed by atoms with Crippen LogP contribution in [-0.2, 0) is 16.6 Å². The van der Waals surface area contributed by atoms with Crippen molar-refractivity contribution in [2.75, 3.05) is 6.54 Å². The van der Waals surface area contributed by atoms with E-state index in [1.165, 1.54) is 36.8 Å². The van der Waals surface area contributed by atoms with Gasteiger partial charge in [-0.25, -0.2) is 0 Å². The average molecular weight is 320 g/mol. The van der Waals surface area contributed by atoms with Gasteiger partial charge in [-0.2, -0.15) is 0 Å². The van der Waals surface area contributed by atoms with Crippen molar-refractivity contribution in [3.8, 4) is 0 Å². The minimum atomic E-state index is -0.289. The Balaban J connectivity index is 1.49. The molecule has 0 bridgehead atoms. The lowest BCUT2D eigenvalue weighted by molar-refractivity contribution is -0.124.